The van der Waals surface area contributed by atoms with Crippen molar-refractivity contribution in [2.45, 2.75) is 18.3 Å². The van der Waals surface area contributed by atoms with E-state index in [2.05, 4.69) is 131 Å². The van der Waals surface area contributed by atoms with Crippen LogP contribution in [0.15, 0.2) is 212 Å². The summed E-state index contributed by atoms with van der Waals surface area (Å²) in [5, 5.41) is 2.35. The number of carbonyl (C=O) groups is 2. The molecule has 0 saturated carbocycles. The van der Waals surface area contributed by atoms with Crippen LogP contribution in [0.1, 0.15) is 66.9 Å². The first kappa shape index (κ1) is 34.7. The Morgan fingerprint density at radius 2 is 0.881 bits per heavy atom. The summed E-state index contributed by atoms with van der Waals surface area (Å²) >= 11 is 0. The molecule has 2 aliphatic rings. The van der Waals surface area contributed by atoms with E-state index in [-0.39, 0.29) is 11.6 Å². The zero-order chi connectivity index (χ0) is 39.5. The average molecular weight is 759 g/mol. The summed E-state index contributed by atoms with van der Waals surface area (Å²) in [6.07, 6.45) is 11.2. The Hall–Kier alpha value is -7.56. The summed E-state index contributed by atoms with van der Waals surface area (Å²) in [5.74, 6) is 0.0192. The van der Waals surface area contributed by atoms with Crippen molar-refractivity contribution >= 4 is 38.9 Å². The molecule has 7 aromatic carbocycles. The van der Waals surface area contributed by atoms with Crippen molar-refractivity contribution < 1.29 is 9.59 Å². The molecule has 4 heteroatoms. The van der Waals surface area contributed by atoms with Gasteiger partial charge in [-0.2, -0.15) is 0 Å². The van der Waals surface area contributed by atoms with Gasteiger partial charge in [-0.25, -0.2) is 0 Å². The van der Waals surface area contributed by atoms with Crippen LogP contribution in [0.2, 0.25) is 0 Å². The minimum Gasteiger partial charge on any atom is -0.316 e. The Labute approximate surface area is 342 Å². The van der Waals surface area contributed by atoms with Crippen molar-refractivity contribution in [2.24, 2.45) is 0 Å². The van der Waals surface area contributed by atoms with Crippen molar-refractivity contribution in [3.8, 4) is 11.4 Å². The first-order chi connectivity index (χ1) is 29.1. The molecule has 0 atom stereocenters. The molecule has 2 aliphatic carbocycles. The molecule has 0 radical (unpaired) electrons. The molecule has 0 bridgehead atoms. The fourth-order valence-electron chi connectivity index (χ4n) is 9.72. The highest BCUT2D eigenvalue weighted by atomic mass is 16.1. The lowest BCUT2D eigenvalue weighted by atomic mass is 9.65. The van der Waals surface area contributed by atoms with Gasteiger partial charge in [0.15, 0.2) is 11.6 Å². The molecule has 11 rings (SSSR count). The van der Waals surface area contributed by atoms with Gasteiger partial charge in [0.05, 0.1) is 16.4 Å². The van der Waals surface area contributed by atoms with E-state index in [9.17, 15) is 9.59 Å². The molecular formula is C55H38N2O2. The molecule has 2 heterocycles. The summed E-state index contributed by atoms with van der Waals surface area (Å²) in [7, 11) is 0. The number of allylic oxidation sites excluding steroid dienone is 4. The van der Waals surface area contributed by atoms with Gasteiger partial charge < -0.3 is 9.13 Å². The number of carbonyl (C=O) groups excluding carboxylic acids is 2. The Balaban J connectivity index is 1.13. The fraction of sp³-hybridized carbons (Fsp3) is 0.0545. The minimum atomic E-state index is -0.626. The first-order valence-electron chi connectivity index (χ1n) is 20.2. The van der Waals surface area contributed by atoms with Crippen LogP contribution in [0.4, 0.5) is 0 Å². The van der Waals surface area contributed by atoms with E-state index >= 15 is 0 Å². The van der Waals surface area contributed by atoms with Crippen LogP contribution < -0.4 is 0 Å². The van der Waals surface area contributed by atoms with E-state index < -0.39 is 5.41 Å². The minimum absolute atomic E-state index is 0.00959. The number of rotatable bonds is 8. The molecule has 4 nitrogen and oxygen atoms in total. The van der Waals surface area contributed by atoms with Crippen molar-refractivity contribution in [3.63, 3.8) is 0 Å². The summed E-state index contributed by atoms with van der Waals surface area (Å²) in [6, 6.07) is 61.3. The number of benzene rings is 7. The lowest BCUT2D eigenvalue weighted by Gasteiger charge is -2.35. The summed E-state index contributed by atoms with van der Waals surface area (Å²) in [4.78, 5) is 26.8. The highest BCUT2D eigenvalue weighted by Gasteiger charge is 2.50. The number of hydrogen-bond donors (Lipinski definition) is 0. The SMILES string of the molecule is O=C(c1ccccc1)c1ccc(-n2cc(C3(c4cn(-c5ccc(C(=O)c6ccccc6)cc5)c5ccccc45)C4=C(C=CCC4)c4ccccc43)c3ccccc32)cc1. The number of nitrogens with zero attached hydrogens (tertiary/aromatic N) is 2. The number of aromatic nitrogens is 2. The lowest BCUT2D eigenvalue weighted by molar-refractivity contribution is 0.103. The van der Waals surface area contributed by atoms with Gasteiger partial charge in [-0.1, -0.05) is 133 Å². The normalized spacial score (nSPS) is 14.1. The van der Waals surface area contributed by atoms with Crippen LogP contribution in [-0.2, 0) is 5.41 Å². The molecule has 0 fully saturated rings. The van der Waals surface area contributed by atoms with Gasteiger partial charge in [-0.05, 0) is 107 Å². The van der Waals surface area contributed by atoms with Crippen molar-refractivity contribution in [2.75, 3.05) is 0 Å². The maximum atomic E-state index is 13.4. The Kier molecular flexibility index (Phi) is 8.12. The van der Waals surface area contributed by atoms with Crippen LogP contribution in [0.5, 0.6) is 0 Å². The van der Waals surface area contributed by atoms with Gasteiger partial charge in [-0.15, -0.1) is 0 Å². The zero-order valence-corrected chi connectivity index (χ0v) is 32.3. The smallest absolute Gasteiger partial charge is 0.193 e. The third-order valence-corrected chi connectivity index (χ3v) is 12.4. The topological polar surface area (TPSA) is 44.0 Å². The van der Waals surface area contributed by atoms with E-state index in [4.69, 9.17) is 0 Å². The molecule has 0 spiro atoms. The Morgan fingerprint density at radius 3 is 1.41 bits per heavy atom. The van der Waals surface area contributed by atoms with E-state index in [1.807, 2.05) is 84.9 Å². The second-order valence-corrected chi connectivity index (χ2v) is 15.5. The van der Waals surface area contributed by atoms with Crippen molar-refractivity contribution in [3.05, 3.63) is 257 Å². The summed E-state index contributed by atoms with van der Waals surface area (Å²) < 4.78 is 4.59. The van der Waals surface area contributed by atoms with Gasteiger partial charge in [0, 0.05) is 56.8 Å². The number of para-hydroxylation sites is 2. The highest BCUT2D eigenvalue weighted by Crippen LogP contribution is 2.60. The number of fused-ring (bicyclic) bond motifs is 4. The Bertz CT molecular complexity index is 2990. The molecule has 2 aromatic heterocycles. The van der Waals surface area contributed by atoms with E-state index in [0.717, 1.165) is 35.2 Å². The van der Waals surface area contributed by atoms with E-state index in [1.165, 1.54) is 44.2 Å². The van der Waals surface area contributed by atoms with Gasteiger partial charge in [-0.3, -0.25) is 9.59 Å². The average Bonchev–Trinajstić information content (AvgIpc) is 3.99. The zero-order valence-electron chi connectivity index (χ0n) is 32.3. The second kappa shape index (κ2) is 13.8. The quantitative estimate of drug-likeness (QED) is 0.145. The van der Waals surface area contributed by atoms with Crippen LogP contribution in [0.3, 0.4) is 0 Å². The van der Waals surface area contributed by atoms with Crippen LogP contribution in [0, 0.1) is 0 Å². The molecule has 0 unspecified atom stereocenters. The van der Waals surface area contributed by atoms with Crippen molar-refractivity contribution in [1.82, 2.24) is 9.13 Å². The fourth-order valence-corrected chi connectivity index (χ4v) is 9.72. The predicted molar refractivity (Wildman–Crippen MR) is 238 cm³/mol. The monoisotopic (exact) mass is 758 g/mol. The summed E-state index contributed by atoms with van der Waals surface area (Å²) in [5.41, 5.74) is 13.9. The molecule has 0 saturated heterocycles. The number of ketones is 2. The largest absolute Gasteiger partial charge is 0.316 e. The van der Waals surface area contributed by atoms with Gasteiger partial charge in [0.1, 0.15) is 0 Å². The van der Waals surface area contributed by atoms with Gasteiger partial charge in [0.25, 0.3) is 0 Å². The molecule has 59 heavy (non-hydrogen) atoms. The van der Waals surface area contributed by atoms with Crippen LogP contribution in [0.25, 0.3) is 38.8 Å². The van der Waals surface area contributed by atoms with Crippen LogP contribution in [-0.4, -0.2) is 20.7 Å². The third-order valence-electron chi connectivity index (χ3n) is 12.4. The molecular weight excluding hydrogens is 721 g/mol. The van der Waals surface area contributed by atoms with Crippen LogP contribution >= 0.6 is 0 Å². The molecule has 0 aliphatic heterocycles. The molecule has 280 valence electrons. The standard InChI is InChI=1S/C55H38N2O2/c58-53(37-15-3-1-4-16-37)39-27-31-41(32-28-39)56-35-49(45-21-9-13-25-51(45)56)55(47-23-11-7-19-43(47)44-20-8-12-24-48(44)55)50-36-57(52-26-14-10-22-46(50)52)42-33-29-40(30-34-42)54(59)38-17-5-2-6-18-38/h1-11,13-23,25-36H,12,24H2. The maximum Gasteiger partial charge on any atom is 0.193 e. The van der Waals surface area contributed by atoms with Crippen molar-refractivity contribution in [1.29, 1.82) is 0 Å². The second-order valence-electron chi connectivity index (χ2n) is 15.5. The highest BCUT2D eigenvalue weighted by molar-refractivity contribution is 6.10. The third kappa shape index (κ3) is 5.37. The maximum absolute atomic E-state index is 13.4. The lowest BCUT2D eigenvalue weighted by Crippen LogP contribution is -2.30. The van der Waals surface area contributed by atoms with Gasteiger partial charge >= 0.3 is 0 Å². The molecule has 9 aromatic rings. The summed E-state index contributed by atoms with van der Waals surface area (Å²) in [6.45, 7) is 0. The predicted octanol–water partition coefficient (Wildman–Crippen LogP) is 12.5. The first-order valence-corrected chi connectivity index (χ1v) is 20.2. The Morgan fingerprint density at radius 1 is 0.441 bits per heavy atom. The molecule has 0 N–H and O–H groups in total. The van der Waals surface area contributed by atoms with E-state index in [1.54, 1.807) is 0 Å². The molecule has 0 amide bonds. The number of hydrogen-bond acceptors (Lipinski definition) is 2. The van der Waals surface area contributed by atoms with E-state index in [0.29, 0.717) is 22.3 Å². The van der Waals surface area contributed by atoms with Gasteiger partial charge in [0.2, 0.25) is 0 Å².